The fourth-order valence-corrected chi connectivity index (χ4v) is 2.49. The summed E-state index contributed by atoms with van der Waals surface area (Å²) in [6, 6.07) is 4.45. The van der Waals surface area contributed by atoms with Crippen molar-refractivity contribution in [2.75, 3.05) is 18.5 Å². The molecule has 0 bridgehead atoms. The average Bonchev–Trinajstić information content (AvgIpc) is 2.59. The first-order chi connectivity index (χ1) is 11.1. The minimum absolute atomic E-state index is 0.116. The predicted molar refractivity (Wildman–Crippen MR) is 79.1 cm³/mol. The molecule has 1 saturated heterocycles. The number of hydrogen-bond acceptors (Lipinski definition) is 4. The van der Waals surface area contributed by atoms with Gasteiger partial charge in [0.15, 0.2) is 0 Å². The third-order valence-electron chi connectivity index (χ3n) is 3.74. The second-order valence-corrected chi connectivity index (χ2v) is 5.29. The molecule has 2 aromatic rings. The third kappa shape index (κ3) is 3.68. The van der Waals surface area contributed by atoms with Crippen molar-refractivity contribution in [1.82, 2.24) is 9.97 Å². The lowest BCUT2D eigenvalue weighted by molar-refractivity contribution is 0.0844. The fraction of sp³-hybridized carbons (Fsp3) is 0.312. The van der Waals surface area contributed by atoms with Crippen molar-refractivity contribution in [1.29, 1.82) is 0 Å². The van der Waals surface area contributed by atoms with Gasteiger partial charge in [-0.25, -0.2) is 18.7 Å². The van der Waals surface area contributed by atoms with Crippen LogP contribution in [0.4, 0.5) is 14.5 Å². The Kier molecular flexibility index (Phi) is 4.57. The molecule has 120 valence electrons. The smallest absolute Gasteiger partial charge is 0.274 e. The summed E-state index contributed by atoms with van der Waals surface area (Å²) in [6.45, 7) is 1.31. The lowest BCUT2D eigenvalue weighted by atomic mass is 9.96. The zero-order chi connectivity index (χ0) is 16.2. The zero-order valence-corrected chi connectivity index (χ0v) is 12.3. The highest BCUT2D eigenvalue weighted by Gasteiger charge is 2.19. The van der Waals surface area contributed by atoms with Crippen LogP contribution >= 0.6 is 0 Å². The number of rotatable bonds is 3. The van der Waals surface area contributed by atoms with E-state index >= 15 is 0 Å². The maximum absolute atomic E-state index is 13.6. The molecule has 7 heteroatoms. The van der Waals surface area contributed by atoms with E-state index in [1.165, 1.54) is 6.33 Å². The van der Waals surface area contributed by atoms with E-state index < -0.39 is 17.5 Å². The summed E-state index contributed by atoms with van der Waals surface area (Å²) in [5.74, 6) is -1.74. The first-order valence-electron chi connectivity index (χ1n) is 7.29. The number of carbonyl (C=O) groups excluding carboxylic acids is 1. The van der Waals surface area contributed by atoms with Gasteiger partial charge >= 0.3 is 0 Å². The molecule has 23 heavy (non-hydrogen) atoms. The summed E-state index contributed by atoms with van der Waals surface area (Å²) in [5.41, 5.74) is 0.652. The molecular weight excluding hydrogens is 304 g/mol. The van der Waals surface area contributed by atoms with E-state index in [1.807, 2.05) is 0 Å². The Balaban J connectivity index is 1.78. The Morgan fingerprint density at radius 3 is 2.74 bits per heavy atom. The van der Waals surface area contributed by atoms with Gasteiger partial charge in [0.25, 0.3) is 5.91 Å². The fourth-order valence-electron chi connectivity index (χ4n) is 2.49. The van der Waals surface area contributed by atoms with Gasteiger partial charge in [0, 0.05) is 30.9 Å². The number of amides is 1. The minimum atomic E-state index is -0.710. The Bertz CT molecular complexity index is 718. The van der Waals surface area contributed by atoms with E-state index in [1.54, 1.807) is 6.07 Å². The van der Waals surface area contributed by atoms with Gasteiger partial charge in [-0.2, -0.15) is 0 Å². The molecule has 1 aliphatic rings. The number of anilines is 1. The van der Waals surface area contributed by atoms with Crippen LogP contribution in [0.1, 0.15) is 34.9 Å². The highest BCUT2D eigenvalue weighted by Crippen LogP contribution is 2.25. The molecule has 5 nitrogen and oxygen atoms in total. The number of halogens is 2. The van der Waals surface area contributed by atoms with Crippen molar-refractivity contribution in [2.45, 2.75) is 18.8 Å². The summed E-state index contributed by atoms with van der Waals surface area (Å²) >= 11 is 0. The number of hydrogen-bond donors (Lipinski definition) is 1. The molecule has 1 aromatic heterocycles. The number of aromatic nitrogens is 2. The number of nitrogens with one attached hydrogen (secondary N) is 1. The molecule has 1 aromatic carbocycles. The van der Waals surface area contributed by atoms with E-state index in [4.69, 9.17) is 4.74 Å². The van der Waals surface area contributed by atoms with Gasteiger partial charge in [-0.05, 0) is 31.0 Å². The van der Waals surface area contributed by atoms with Crippen molar-refractivity contribution in [2.24, 2.45) is 0 Å². The van der Waals surface area contributed by atoms with Crippen LogP contribution in [0.5, 0.6) is 0 Å². The molecular formula is C16H15F2N3O2. The Labute approximate surface area is 131 Å². The summed E-state index contributed by atoms with van der Waals surface area (Å²) in [4.78, 5) is 20.3. The standard InChI is InChI=1S/C16H15F2N3O2/c17-11-1-2-12(18)14(7-11)21-16(22)15-8-13(19-9-20-15)10-3-5-23-6-4-10/h1-2,7-10H,3-6H2,(H,21,22). The molecule has 0 atom stereocenters. The third-order valence-corrected chi connectivity index (χ3v) is 3.74. The van der Waals surface area contributed by atoms with Crippen LogP contribution in [0, 0.1) is 11.6 Å². The first-order valence-corrected chi connectivity index (χ1v) is 7.29. The normalized spacial score (nSPS) is 15.4. The summed E-state index contributed by atoms with van der Waals surface area (Å²) < 4.78 is 32.0. The molecule has 0 saturated carbocycles. The van der Waals surface area contributed by atoms with Crippen molar-refractivity contribution in [3.8, 4) is 0 Å². The first kappa shape index (κ1) is 15.5. The van der Waals surface area contributed by atoms with Crippen LogP contribution in [-0.2, 0) is 4.74 Å². The highest BCUT2D eigenvalue weighted by atomic mass is 19.1. The Morgan fingerprint density at radius 2 is 1.96 bits per heavy atom. The second-order valence-electron chi connectivity index (χ2n) is 5.29. The van der Waals surface area contributed by atoms with Gasteiger partial charge in [0.1, 0.15) is 23.7 Å². The van der Waals surface area contributed by atoms with Gasteiger partial charge in [-0.3, -0.25) is 4.79 Å². The lowest BCUT2D eigenvalue weighted by Crippen LogP contribution is -2.18. The monoisotopic (exact) mass is 319 g/mol. The quantitative estimate of drug-likeness (QED) is 0.945. The number of benzene rings is 1. The number of ether oxygens (including phenoxy) is 1. The van der Waals surface area contributed by atoms with Gasteiger partial charge in [-0.1, -0.05) is 0 Å². The van der Waals surface area contributed by atoms with E-state index in [0.29, 0.717) is 13.2 Å². The average molecular weight is 319 g/mol. The topological polar surface area (TPSA) is 64.1 Å². The second kappa shape index (κ2) is 6.78. The molecule has 1 N–H and O–H groups in total. The molecule has 1 amide bonds. The molecule has 0 radical (unpaired) electrons. The molecule has 0 unspecified atom stereocenters. The number of nitrogens with zero attached hydrogens (tertiary/aromatic N) is 2. The van der Waals surface area contributed by atoms with E-state index in [2.05, 4.69) is 15.3 Å². The van der Waals surface area contributed by atoms with E-state index in [0.717, 1.165) is 36.7 Å². The van der Waals surface area contributed by atoms with Gasteiger partial charge in [0.2, 0.25) is 0 Å². The minimum Gasteiger partial charge on any atom is -0.381 e. The van der Waals surface area contributed by atoms with Crippen molar-refractivity contribution < 1.29 is 18.3 Å². The van der Waals surface area contributed by atoms with Gasteiger partial charge in [-0.15, -0.1) is 0 Å². The predicted octanol–water partition coefficient (Wildman–Crippen LogP) is 2.90. The summed E-state index contributed by atoms with van der Waals surface area (Å²) in [5, 5.41) is 2.33. The Hall–Kier alpha value is -2.41. The van der Waals surface area contributed by atoms with Gasteiger partial charge in [0.05, 0.1) is 5.69 Å². The molecule has 1 aliphatic heterocycles. The maximum Gasteiger partial charge on any atom is 0.274 e. The zero-order valence-electron chi connectivity index (χ0n) is 12.3. The van der Waals surface area contributed by atoms with Crippen molar-refractivity contribution in [3.63, 3.8) is 0 Å². The van der Waals surface area contributed by atoms with Crippen LogP contribution in [0.2, 0.25) is 0 Å². The summed E-state index contributed by atoms with van der Waals surface area (Å²) in [7, 11) is 0. The van der Waals surface area contributed by atoms with Crippen LogP contribution < -0.4 is 5.32 Å². The lowest BCUT2D eigenvalue weighted by Gasteiger charge is -2.21. The largest absolute Gasteiger partial charge is 0.381 e. The number of carbonyl (C=O) groups is 1. The Morgan fingerprint density at radius 1 is 1.17 bits per heavy atom. The van der Waals surface area contributed by atoms with E-state index in [9.17, 15) is 13.6 Å². The van der Waals surface area contributed by atoms with Crippen LogP contribution in [0.15, 0.2) is 30.6 Å². The summed E-state index contributed by atoms with van der Waals surface area (Å²) in [6.07, 6.45) is 2.97. The van der Waals surface area contributed by atoms with Crippen molar-refractivity contribution in [3.05, 3.63) is 53.6 Å². The molecule has 0 aliphatic carbocycles. The molecule has 2 heterocycles. The van der Waals surface area contributed by atoms with Crippen LogP contribution in [0.3, 0.4) is 0 Å². The van der Waals surface area contributed by atoms with Crippen molar-refractivity contribution >= 4 is 11.6 Å². The highest BCUT2D eigenvalue weighted by molar-refractivity contribution is 6.02. The maximum atomic E-state index is 13.6. The van der Waals surface area contributed by atoms with Gasteiger partial charge < -0.3 is 10.1 Å². The van der Waals surface area contributed by atoms with Crippen LogP contribution in [-0.4, -0.2) is 29.1 Å². The molecule has 3 rings (SSSR count). The molecule has 1 fully saturated rings. The SMILES string of the molecule is O=C(Nc1cc(F)ccc1F)c1cc(C2CCOCC2)ncn1. The van der Waals surface area contributed by atoms with Crippen LogP contribution in [0.25, 0.3) is 0 Å². The molecule has 0 spiro atoms. The van der Waals surface area contributed by atoms with E-state index in [-0.39, 0.29) is 17.3 Å².